The Bertz CT molecular complexity index is 373. The number of aliphatic hydroxyl groups is 1. The second-order valence-corrected chi connectivity index (χ2v) is 4.88. The number of nitrogens with zero attached hydrogens (tertiary/aromatic N) is 1. The molecule has 1 heterocycles. The van der Waals surface area contributed by atoms with Gasteiger partial charge in [0.1, 0.15) is 5.69 Å². The van der Waals surface area contributed by atoms with Crippen LogP contribution in [-0.2, 0) is 11.8 Å². The Morgan fingerprint density at radius 1 is 1.18 bits per heavy atom. The van der Waals surface area contributed by atoms with Crippen molar-refractivity contribution < 1.29 is 18.3 Å². The molecule has 0 bridgehead atoms. The van der Waals surface area contributed by atoms with Gasteiger partial charge in [0.05, 0.1) is 5.60 Å². The molecule has 1 rings (SSSR count). The fourth-order valence-electron chi connectivity index (χ4n) is 1.35. The van der Waals surface area contributed by atoms with Gasteiger partial charge in [-0.25, -0.2) is 4.98 Å². The molecule has 0 saturated heterocycles. The molecule has 2 nitrogen and oxygen atoms in total. The molecule has 0 unspecified atom stereocenters. The van der Waals surface area contributed by atoms with Gasteiger partial charge in [-0.2, -0.15) is 13.2 Å². The summed E-state index contributed by atoms with van der Waals surface area (Å²) in [6, 6.07) is 2.41. The zero-order valence-corrected chi connectivity index (χ0v) is 10.3. The van der Waals surface area contributed by atoms with E-state index in [4.69, 9.17) is 0 Å². The van der Waals surface area contributed by atoms with Crippen LogP contribution in [0.25, 0.3) is 0 Å². The first-order valence-corrected chi connectivity index (χ1v) is 5.34. The number of aromatic nitrogens is 1. The van der Waals surface area contributed by atoms with Crippen LogP contribution in [0.3, 0.4) is 0 Å². The van der Waals surface area contributed by atoms with Crippen molar-refractivity contribution in [3.63, 3.8) is 0 Å². The van der Waals surface area contributed by atoms with Gasteiger partial charge >= 0.3 is 6.18 Å². The highest BCUT2D eigenvalue weighted by atomic mass is 19.4. The minimum Gasteiger partial charge on any atom is -0.386 e. The number of hydrogen-bond acceptors (Lipinski definition) is 2. The number of alkyl halides is 3. The van der Waals surface area contributed by atoms with Crippen LogP contribution in [0.5, 0.6) is 0 Å². The van der Waals surface area contributed by atoms with E-state index in [2.05, 4.69) is 4.98 Å². The van der Waals surface area contributed by atoms with E-state index in [1.165, 1.54) is 19.9 Å². The summed E-state index contributed by atoms with van der Waals surface area (Å²) in [5.74, 6) is -0.126. The topological polar surface area (TPSA) is 33.1 Å². The van der Waals surface area contributed by atoms with E-state index in [9.17, 15) is 18.3 Å². The molecule has 1 N–H and O–H groups in total. The van der Waals surface area contributed by atoms with Crippen LogP contribution in [0.4, 0.5) is 13.2 Å². The molecule has 0 amide bonds. The normalized spacial score (nSPS) is 13.2. The highest BCUT2D eigenvalue weighted by molar-refractivity contribution is 5.28. The average molecular weight is 247 g/mol. The maximum Gasteiger partial charge on any atom is 0.433 e. The lowest BCUT2D eigenvalue weighted by Gasteiger charge is -2.21. The number of pyridine rings is 1. The molecule has 17 heavy (non-hydrogen) atoms. The third-order valence-corrected chi connectivity index (χ3v) is 2.43. The second-order valence-electron chi connectivity index (χ2n) is 4.88. The second kappa shape index (κ2) is 4.29. The van der Waals surface area contributed by atoms with Gasteiger partial charge in [-0.3, -0.25) is 0 Å². The van der Waals surface area contributed by atoms with Crippen molar-refractivity contribution in [2.45, 2.75) is 45.4 Å². The minimum atomic E-state index is -4.50. The highest BCUT2D eigenvalue weighted by Gasteiger charge is 2.34. The van der Waals surface area contributed by atoms with E-state index in [0.717, 1.165) is 6.07 Å². The van der Waals surface area contributed by atoms with Crippen molar-refractivity contribution in [3.8, 4) is 0 Å². The van der Waals surface area contributed by atoms with Gasteiger partial charge in [0.2, 0.25) is 0 Å². The molecule has 0 aliphatic carbocycles. The van der Waals surface area contributed by atoms with Crippen LogP contribution >= 0.6 is 0 Å². The van der Waals surface area contributed by atoms with Gasteiger partial charge in [0, 0.05) is 5.69 Å². The highest BCUT2D eigenvalue weighted by Crippen LogP contribution is 2.32. The smallest absolute Gasteiger partial charge is 0.386 e. The maximum absolute atomic E-state index is 12.7. The van der Waals surface area contributed by atoms with Crippen LogP contribution in [0.15, 0.2) is 12.1 Å². The Morgan fingerprint density at radius 2 is 1.71 bits per heavy atom. The number of rotatable bonds is 2. The molecule has 1 aromatic rings. The molecule has 0 spiro atoms. The van der Waals surface area contributed by atoms with E-state index in [-0.39, 0.29) is 11.5 Å². The SMILES string of the molecule is CC(C)c1cc(C(C)(C)O)cc(C(F)(F)F)n1. The van der Waals surface area contributed by atoms with Crippen molar-refractivity contribution in [1.82, 2.24) is 4.98 Å². The zero-order valence-electron chi connectivity index (χ0n) is 10.3. The summed E-state index contributed by atoms with van der Waals surface area (Å²) in [6.07, 6.45) is -4.50. The largest absolute Gasteiger partial charge is 0.433 e. The van der Waals surface area contributed by atoms with Gasteiger partial charge in [0.15, 0.2) is 0 Å². The summed E-state index contributed by atoms with van der Waals surface area (Å²) in [4.78, 5) is 3.58. The fourth-order valence-corrected chi connectivity index (χ4v) is 1.35. The summed E-state index contributed by atoms with van der Waals surface area (Å²) >= 11 is 0. The van der Waals surface area contributed by atoms with Crippen LogP contribution < -0.4 is 0 Å². The van der Waals surface area contributed by atoms with E-state index in [0.29, 0.717) is 5.69 Å². The molecule has 5 heteroatoms. The zero-order chi connectivity index (χ0) is 13.4. The van der Waals surface area contributed by atoms with Crippen LogP contribution in [0.2, 0.25) is 0 Å². The third kappa shape index (κ3) is 3.43. The minimum absolute atomic E-state index is 0.126. The van der Waals surface area contributed by atoms with Crippen LogP contribution in [0.1, 0.15) is 50.6 Å². The molecule has 0 atom stereocenters. The quantitative estimate of drug-likeness (QED) is 0.868. The van der Waals surface area contributed by atoms with Crippen molar-refractivity contribution in [2.75, 3.05) is 0 Å². The van der Waals surface area contributed by atoms with Gasteiger partial charge in [-0.05, 0) is 37.5 Å². The molecule has 0 fully saturated rings. The summed E-state index contributed by atoms with van der Waals surface area (Å²) < 4.78 is 38.0. The average Bonchev–Trinajstić information content (AvgIpc) is 2.14. The van der Waals surface area contributed by atoms with E-state index < -0.39 is 17.5 Å². The van der Waals surface area contributed by atoms with Crippen molar-refractivity contribution >= 4 is 0 Å². The lowest BCUT2D eigenvalue weighted by atomic mass is 9.95. The van der Waals surface area contributed by atoms with E-state index in [1.807, 2.05) is 0 Å². The van der Waals surface area contributed by atoms with E-state index >= 15 is 0 Å². The summed E-state index contributed by atoms with van der Waals surface area (Å²) in [6.45, 7) is 6.42. The molecule has 0 radical (unpaired) electrons. The van der Waals surface area contributed by atoms with E-state index in [1.54, 1.807) is 13.8 Å². The molecule has 0 aliphatic heterocycles. The molecule has 1 aromatic heterocycles. The monoisotopic (exact) mass is 247 g/mol. The predicted molar refractivity (Wildman–Crippen MR) is 58.6 cm³/mol. The first-order valence-electron chi connectivity index (χ1n) is 5.34. The first kappa shape index (κ1) is 14.0. The van der Waals surface area contributed by atoms with Gasteiger partial charge in [-0.1, -0.05) is 13.8 Å². The first-order chi connectivity index (χ1) is 7.51. The molecule has 0 aromatic carbocycles. The Labute approximate surface area is 98.5 Å². The third-order valence-electron chi connectivity index (χ3n) is 2.43. The van der Waals surface area contributed by atoms with Crippen molar-refractivity contribution in [1.29, 1.82) is 0 Å². The lowest BCUT2D eigenvalue weighted by Crippen LogP contribution is -2.19. The number of hydrogen-bond donors (Lipinski definition) is 1. The van der Waals surface area contributed by atoms with Gasteiger partial charge < -0.3 is 5.11 Å². The van der Waals surface area contributed by atoms with Crippen molar-refractivity contribution in [3.05, 3.63) is 29.1 Å². The molecule has 96 valence electrons. The summed E-state index contributed by atoms with van der Waals surface area (Å²) in [5.41, 5.74) is -1.71. The van der Waals surface area contributed by atoms with Crippen LogP contribution in [0, 0.1) is 0 Å². The Hall–Kier alpha value is -1.10. The van der Waals surface area contributed by atoms with Crippen molar-refractivity contribution in [2.24, 2.45) is 0 Å². The Balaban J connectivity index is 3.40. The molecular weight excluding hydrogens is 231 g/mol. The molecular formula is C12H16F3NO. The molecule has 0 saturated carbocycles. The maximum atomic E-state index is 12.7. The number of halogens is 3. The van der Waals surface area contributed by atoms with Gasteiger partial charge in [0.25, 0.3) is 0 Å². The Kier molecular flexibility index (Phi) is 3.52. The molecule has 0 aliphatic rings. The fraction of sp³-hybridized carbons (Fsp3) is 0.583. The summed E-state index contributed by atoms with van der Waals surface area (Å²) in [7, 11) is 0. The van der Waals surface area contributed by atoms with Gasteiger partial charge in [-0.15, -0.1) is 0 Å². The standard InChI is InChI=1S/C12H16F3NO/c1-7(2)9-5-8(11(3,4)17)6-10(16-9)12(13,14)15/h5-7,17H,1-4H3. The lowest BCUT2D eigenvalue weighted by molar-refractivity contribution is -0.141. The summed E-state index contributed by atoms with van der Waals surface area (Å²) in [5, 5.41) is 9.79. The predicted octanol–water partition coefficient (Wildman–Crippen LogP) is 3.45. The van der Waals surface area contributed by atoms with Crippen LogP contribution in [-0.4, -0.2) is 10.1 Å². The Morgan fingerprint density at radius 3 is 2.06 bits per heavy atom.